The Morgan fingerprint density at radius 3 is 2.53 bits per heavy atom. The van der Waals surface area contributed by atoms with E-state index < -0.39 is 35.0 Å². The van der Waals surface area contributed by atoms with Gasteiger partial charge >= 0.3 is 12.0 Å². The van der Waals surface area contributed by atoms with Crippen LogP contribution in [0.3, 0.4) is 0 Å². The van der Waals surface area contributed by atoms with Crippen LogP contribution in [-0.2, 0) is 6.54 Å². The summed E-state index contributed by atoms with van der Waals surface area (Å²) in [5, 5.41) is 10.5. The number of pyridine rings is 1. The molecule has 1 rings (SSSR count). The number of hydrogen-bond acceptors (Lipinski definition) is 6. The third kappa shape index (κ3) is 2.93. The number of hydrogen-bond donors (Lipinski definition) is 2. The van der Waals surface area contributed by atoms with Crippen LogP contribution in [0.5, 0.6) is 5.75 Å². The summed E-state index contributed by atoms with van der Waals surface area (Å²) < 4.78 is 39.7. The normalized spacial score (nSPS) is 11.3. The van der Waals surface area contributed by atoms with Crippen molar-refractivity contribution in [1.29, 1.82) is 0 Å². The van der Waals surface area contributed by atoms with Gasteiger partial charge in [-0.2, -0.15) is 0 Å². The Labute approximate surface area is 92.3 Å². The van der Waals surface area contributed by atoms with Gasteiger partial charge in [-0.25, -0.2) is 4.98 Å². The summed E-state index contributed by atoms with van der Waals surface area (Å²) in [5.41, 5.74) is 8.48. The molecule has 0 saturated heterocycles. The predicted octanol–water partition coefficient (Wildman–Crippen LogP) is 0.929. The minimum absolute atomic E-state index is 0.314. The van der Waals surface area contributed by atoms with Gasteiger partial charge in [-0.15, -0.1) is 13.2 Å². The highest BCUT2D eigenvalue weighted by Gasteiger charge is 2.35. The number of alkyl halides is 3. The molecule has 0 aromatic carbocycles. The van der Waals surface area contributed by atoms with E-state index in [1.54, 1.807) is 0 Å². The first kappa shape index (κ1) is 13.0. The Kier molecular flexibility index (Phi) is 3.36. The summed E-state index contributed by atoms with van der Waals surface area (Å²) in [5.74, 6) is -0.936. The molecule has 17 heavy (non-hydrogen) atoms. The number of nitro groups is 1. The van der Waals surface area contributed by atoms with Crippen LogP contribution in [-0.4, -0.2) is 16.3 Å². The molecule has 7 nitrogen and oxygen atoms in total. The van der Waals surface area contributed by atoms with E-state index in [2.05, 4.69) is 9.72 Å². The molecule has 0 saturated carbocycles. The molecule has 0 aliphatic rings. The fraction of sp³-hybridized carbons (Fsp3) is 0.286. The Bertz CT molecular complexity index is 449. The first-order chi connectivity index (χ1) is 7.76. The monoisotopic (exact) mass is 252 g/mol. The van der Waals surface area contributed by atoms with Gasteiger partial charge in [0.05, 0.1) is 10.6 Å². The topological polar surface area (TPSA) is 117 Å². The van der Waals surface area contributed by atoms with E-state index in [4.69, 9.17) is 11.5 Å². The zero-order chi connectivity index (χ0) is 13.2. The summed E-state index contributed by atoms with van der Waals surface area (Å²) >= 11 is 0. The maximum absolute atomic E-state index is 12.1. The molecule has 1 aromatic rings. The Morgan fingerprint density at radius 2 is 2.12 bits per heavy atom. The van der Waals surface area contributed by atoms with Crippen molar-refractivity contribution in [2.75, 3.05) is 5.73 Å². The van der Waals surface area contributed by atoms with Crippen molar-refractivity contribution in [2.45, 2.75) is 12.9 Å². The molecule has 0 unspecified atom stereocenters. The van der Waals surface area contributed by atoms with E-state index in [-0.39, 0.29) is 5.69 Å². The van der Waals surface area contributed by atoms with Gasteiger partial charge in [-0.05, 0) is 0 Å². The number of nitrogen functional groups attached to an aromatic ring is 1. The molecule has 94 valence electrons. The third-order valence-corrected chi connectivity index (χ3v) is 1.73. The number of ether oxygens (including phenoxy) is 1. The van der Waals surface area contributed by atoms with Crippen LogP contribution in [0.15, 0.2) is 6.20 Å². The summed E-state index contributed by atoms with van der Waals surface area (Å²) in [6.45, 7) is -0.395. The van der Waals surface area contributed by atoms with Crippen LogP contribution in [0.1, 0.15) is 5.69 Å². The molecule has 10 heteroatoms. The van der Waals surface area contributed by atoms with Gasteiger partial charge in [0.1, 0.15) is 6.20 Å². The number of aromatic nitrogens is 1. The first-order valence-electron chi connectivity index (χ1n) is 4.13. The molecule has 0 bridgehead atoms. The molecule has 4 N–H and O–H groups in total. The number of halogens is 3. The Balaban J connectivity index is 3.32. The summed E-state index contributed by atoms with van der Waals surface area (Å²) in [6.07, 6.45) is -4.31. The van der Waals surface area contributed by atoms with Crippen LogP contribution in [0.2, 0.25) is 0 Å². The van der Waals surface area contributed by atoms with Gasteiger partial charge in [0.15, 0.2) is 11.4 Å². The molecule has 0 amide bonds. The number of anilines is 1. The van der Waals surface area contributed by atoms with Crippen molar-refractivity contribution in [3.8, 4) is 5.75 Å². The smallest absolute Gasteiger partial charge is 0.401 e. The average molecular weight is 252 g/mol. The van der Waals surface area contributed by atoms with Gasteiger partial charge in [0.2, 0.25) is 0 Å². The first-order valence-corrected chi connectivity index (χ1v) is 4.13. The van der Waals surface area contributed by atoms with Crippen LogP contribution in [0, 0.1) is 10.1 Å². The van der Waals surface area contributed by atoms with E-state index in [1.807, 2.05) is 0 Å². The van der Waals surface area contributed by atoms with E-state index in [0.717, 1.165) is 6.20 Å². The van der Waals surface area contributed by atoms with Gasteiger partial charge in [-0.1, -0.05) is 0 Å². The summed E-state index contributed by atoms with van der Waals surface area (Å²) in [4.78, 5) is 12.9. The summed E-state index contributed by atoms with van der Waals surface area (Å²) in [7, 11) is 0. The SMILES string of the molecule is NCc1ncc([N+](=O)[O-])c(N)c1OC(F)(F)F. The highest BCUT2D eigenvalue weighted by atomic mass is 19.4. The van der Waals surface area contributed by atoms with E-state index in [0.29, 0.717) is 0 Å². The third-order valence-electron chi connectivity index (χ3n) is 1.73. The number of nitrogens with two attached hydrogens (primary N) is 2. The van der Waals surface area contributed by atoms with Crippen molar-refractivity contribution >= 4 is 11.4 Å². The van der Waals surface area contributed by atoms with Crippen molar-refractivity contribution in [3.63, 3.8) is 0 Å². The molecule has 0 spiro atoms. The van der Waals surface area contributed by atoms with E-state index in [9.17, 15) is 23.3 Å². The lowest BCUT2D eigenvalue weighted by Gasteiger charge is -2.13. The zero-order valence-corrected chi connectivity index (χ0v) is 8.19. The molecule has 1 aromatic heterocycles. The van der Waals surface area contributed by atoms with E-state index in [1.165, 1.54) is 0 Å². The molecular formula is C7H7F3N4O3. The fourth-order valence-corrected chi connectivity index (χ4v) is 1.06. The van der Waals surface area contributed by atoms with Crippen molar-refractivity contribution in [1.82, 2.24) is 4.98 Å². The lowest BCUT2D eigenvalue weighted by atomic mass is 10.2. The second-order valence-electron chi connectivity index (χ2n) is 2.84. The molecular weight excluding hydrogens is 245 g/mol. The molecule has 0 atom stereocenters. The number of rotatable bonds is 3. The van der Waals surface area contributed by atoms with Crippen LogP contribution < -0.4 is 16.2 Å². The second-order valence-corrected chi connectivity index (χ2v) is 2.84. The molecule has 1 heterocycles. The Morgan fingerprint density at radius 1 is 1.53 bits per heavy atom. The predicted molar refractivity (Wildman–Crippen MR) is 49.9 cm³/mol. The van der Waals surface area contributed by atoms with E-state index >= 15 is 0 Å². The zero-order valence-electron chi connectivity index (χ0n) is 8.19. The summed E-state index contributed by atoms with van der Waals surface area (Å²) in [6, 6.07) is 0. The van der Waals surface area contributed by atoms with Gasteiger partial charge < -0.3 is 16.2 Å². The van der Waals surface area contributed by atoms with Gasteiger partial charge in [-0.3, -0.25) is 10.1 Å². The lowest BCUT2D eigenvalue weighted by Crippen LogP contribution is -2.20. The minimum Gasteiger partial charge on any atom is -0.401 e. The van der Waals surface area contributed by atoms with Crippen LogP contribution in [0.4, 0.5) is 24.5 Å². The number of nitrogens with zero attached hydrogens (tertiary/aromatic N) is 2. The Hall–Kier alpha value is -2.10. The van der Waals surface area contributed by atoms with Gasteiger partial charge in [0.25, 0.3) is 0 Å². The molecule has 0 radical (unpaired) electrons. The van der Waals surface area contributed by atoms with Crippen LogP contribution >= 0.6 is 0 Å². The maximum atomic E-state index is 12.1. The van der Waals surface area contributed by atoms with Gasteiger partial charge in [0, 0.05) is 6.54 Å². The highest BCUT2D eigenvalue weighted by molar-refractivity contribution is 5.67. The lowest BCUT2D eigenvalue weighted by molar-refractivity contribution is -0.384. The van der Waals surface area contributed by atoms with Crippen LogP contribution in [0.25, 0.3) is 0 Å². The molecule has 0 aliphatic carbocycles. The average Bonchev–Trinajstić information content (AvgIpc) is 2.18. The second kappa shape index (κ2) is 4.41. The standard InChI is InChI=1S/C7H7F3N4O3/c8-7(9,10)17-6-3(1-11)13-2-4(5(6)12)14(15)16/h2H,1,11H2,(H2,12,13). The minimum atomic E-state index is -5.03. The molecule has 0 aliphatic heterocycles. The fourth-order valence-electron chi connectivity index (χ4n) is 1.06. The maximum Gasteiger partial charge on any atom is 0.573 e. The largest absolute Gasteiger partial charge is 0.573 e. The highest BCUT2D eigenvalue weighted by Crippen LogP contribution is 2.36. The van der Waals surface area contributed by atoms with Crippen molar-refractivity contribution in [2.24, 2.45) is 5.73 Å². The van der Waals surface area contributed by atoms with Crippen molar-refractivity contribution < 1.29 is 22.8 Å². The molecule has 0 fully saturated rings. The van der Waals surface area contributed by atoms with Crippen molar-refractivity contribution in [3.05, 3.63) is 22.0 Å². The quantitative estimate of drug-likeness (QED) is 0.610.